The predicted octanol–water partition coefficient (Wildman–Crippen LogP) is 5.36. The molecule has 5 atom stereocenters. The Hall–Kier alpha value is -3.84. The van der Waals surface area contributed by atoms with Crippen LogP contribution in [0, 0.1) is 22.0 Å². The van der Waals surface area contributed by atoms with E-state index in [0.29, 0.717) is 57.1 Å². The average Bonchev–Trinajstić information content (AvgIpc) is 3.35. The van der Waals surface area contributed by atoms with Crippen LogP contribution in [0.25, 0.3) is 0 Å². The van der Waals surface area contributed by atoms with Crippen molar-refractivity contribution in [1.82, 2.24) is 5.32 Å². The van der Waals surface area contributed by atoms with Gasteiger partial charge in [-0.15, -0.1) is 10.1 Å². The number of ether oxygens (including phenoxy) is 2. The van der Waals surface area contributed by atoms with Gasteiger partial charge in [0.25, 0.3) is 5.09 Å². The van der Waals surface area contributed by atoms with E-state index in [2.05, 4.69) is 17.1 Å². The van der Waals surface area contributed by atoms with Gasteiger partial charge >= 0.3 is 11.9 Å². The molecule has 1 amide bonds. The third-order valence-corrected chi connectivity index (χ3v) is 8.94. The van der Waals surface area contributed by atoms with Crippen molar-refractivity contribution in [2.75, 3.05) is 13.2 Å². The molecule has 0 saturated heterocycles. The van der Waals surface area contributed by atoms with E-state index in [0.717, 1.165) is 24.8 Å². The number of ketones is 1. The Labute approximate surface area is 295 Å². The van der Waals surface area contributed by atoms with Gasteiger partial charge in [0.15, 0.2) is 0 Å². The summed E-state index contributed by atoms with van der Waals surface area (Å²) in [5, 5.41) is 32.9. The summed E-state index contributed by atoms with van der Waals surface area (Å²) in [6.07, 6.45) is 12.9. The van der Waals surface area contributed by atoms with Gasteiger partial charge in [-0.25, -0.2) is 4.79 Å². The molecule has 1 aliphatic carbocycles. The molecule has 0 heterocycles. The summed E-state index contributed by atoms with van der Waals surface area (Å²) in [5.41, 5.74) is 0.844. The first-order valence-electron chi connectivity index (χ1n) is 18.1. The molecule has 0 aromatic heterocycles. The Morgan fingerprint density at radius 1 is 0.920 bits per heavy atom. The Kier molecular flexibility index (Phi) is 20.6. The second kappa shape index (κ2) is 24.3. The number of allylic oxidation sites excluding steroid dienone is 2. The van der Waals surface area contributed by atoms with Crippen LogP contribution in [0.2, 0.25) is 0 Å². The molecule has 0 radical (unpaired) electrons. The van der Waals surface area contributed by atoms with Gasteiger partial charge in [-0.1, -0.05) is 56.9 Å². The molecule has 1 fully saturated rings. The SMILES string of the molecule is CCCCCCCC(=O)CC[C@@H]1[C@@H](CC=CCCCC(=O)NC(C)C(=O)Oc2ccc(CCOC(=O)CCCO[N+](=O)[O-])cc2)[C@@H](O)C[C@H]1O. The number of nitrogens with zero attached hydrogens (tertiary/aromatic N) is 1. The molecule has 1 aromatic rings. The minimum absolute atomic E-state index is 0.0124. The van der Waals surface area contributed by atoms with Crippen LogP contribution >= 0.6 is 0 Å². The molecule has 0 aliphatic heterocycles. The summed E-state index contributed by atoms with van der Waals surface area (Å²) in [6.45, 7) is 3.67. The first-order valence-corrected chi connectivity index (χ1v) is 18.1. The van der Waals surface area contributed by atoms with Crippen molar-refractivity contribution < 1.29 is 48.8 Å². The van der Waals surface area contributed by atoms with Crippen LogP contribution in [-0.4, -0.2) is 70.4 Å². The maximum absolute atomic E-state index is 12.5. The van der Waals surface area contributed by atoms with E-state index in [1.165, 1.54) is 12.8 Å². The molecule has 0 bridgehead atoms. The molecule has 3 N–H and O–H groups in total. The number of benzene rings is 1. The number of unbranched alkanes of at least 4 members (excludes halogenated alkanes) is 5. The molecule has 280 valence electrons. The standard InChI is InChI=1S/C37H56N2O11/c1-3-4-5-6-9-13-29(40)19-22-32-31(33(41)26-34(32)42)14-10-7-8-11-15-35(43)38-27(2)37(45)50-30-20-17-28(18-21-30)23-25-48-36(44)16-12-24-49-39(46)47/h7,10,17-18,20-21,27,31-34,41-42H,3-6,8-9,11-16,19,22-26H2,1-2H3,(H,38,43)/t27?,31-,32-,33+,34-/m1/s1. The number of hydrogen-bond acceptors (Lipinski definition) is 11. The fourth-order valence-electron chi connectivity index (χ4n) is 6.05. The molecule has 2 rings (SSSR count). The van der Waals surface area contributed by atoms with Gasteiger partial charge in [0, 0.05) is 32.1 Å². The zero-order valence-electron chi connectivity index (χ0n) is 29.6. The minimum atomic E-state index is -0.912. The average molecular weight is 705 g/mol. The summed E-state index contributed by atoms with van der Waals surface area (Å²) >= 11 is 0. The van der Waals surface area contributed by atoms with Crippen LogP contribution < -0.4 is 10.1 Å². The second-order valence-corrected chi connectivity index (χ2v) is 13.0. The topological polar surface area (TPSA) is 192 Å². The molecule has 1 aliphatic rings. The van der Waals surface area contributed by atoms with Crippen molar-refractivity contribution in [2.45, 2.75) is 135 Å². The van der Waals surface area contributed by atoms with Crippen LogP contribution in [0.4, 0.5) is 0 Å². The highest BCUT2D eigenvalue weighted by atomic mass is 16.9. The van der Waals surface area contributed by atoms with Gasteiger partial charge in [0.2, 0.25) is 5.91 Å². The van der Waals surface area contributed by atoms with Crippen molar-refractivity contribution in [3.8, 4) is 5.75 Å². The number of Topliss-reactive ketones (excluding diaryl/α,β-unsaturated/α-hetero) is 1. The van der Waals surface area contributed by atoms with Crippen LogP contribution in [0.15, 0.2) is 36.4 Å². The van der Waals surface area contributed by atoms with E-state index in [1.807, 2.05) is 12.2 Å². The molecule has 0 spiro atoms. The number of carbonyl (C=O) groups is 4. The minimum Gasteiger partial charge on any atom is -0.465 e. The van der Waals surface area contributed by atoms with Gasteiger partial charge in [-0.2, -0.15) is 0 Å². The summed E-state index contributed by atoms with van der Waals surface area (Å²) in [6, 6.07) is 5.81. The van der Waals surface area contributed by atoms with Crippen LogP contribution in [0.3, 0.4) is 0 Å². The van der Waals surface area contributed by atoms with Gasteiger partial charge in [0.05, 0.1) is 25.4 Å². The Morgan fingerprint density at radius 3 is 2.36 bits per heavy atom. The fourth-order valence-corrected chi connectivity index (χ4v) is 6.05. The highest BCUT2D eigenvalue weighted by molar-refractivity contribution is 5.85. The monoisotopic (exact) mass is 704 g/mol. The molecule has 13 heteroatoms. The smallest absolute Gasteiger partial charge is 0.333 e. The number of amides is 1. The lowest BCUT2D eigenvalue weighted by Crippen LogP contribution is -2.40. The summed E-state index contributed by atoms with van der Waals surface area (Å²) in [4.78, 5) is 63.2. The van der Waals surface area contributed by atoms with E-state index in [9.17, 15) is 39.5 Å². The molecule has 1 saturated carbocycles. The molecule has 13 nitrogen and oxygen atoms in total. The van der Waals surface area contributed by atoms with Gasteiger partial charge in [-0.3, -0.25) is 14.4 Å². The lowest BCUT2D eigenvalue weighted by atomic mass is 9.86. The van der Waals surface area contributed by atoms with Gasteiger partial charge in [-0.05, 0) is 81.4 Å². The normalized spacial score (nSPS) is 19.2. The van der Waals surface area contributed by atoms with Gasteiger partial charge in [0.1, 0.15) is 17.6 Å². The van der Waals surface area contributed by atoms with E-state index in [-0.39, 0.29) is 56.0 Å². The lowest BCUT2D eigenvalue weighted by molar-refractivity contribution is -0.757. The zero-order valence-corrected chi connectivity index (χ0v) is 29.6. The number of aliphatic hydroxyl groups excluding tert-OH is 2. The first kappa shape index (κ1) is 42.3. The number of aliphatic hydroxyl groups is 2. The Bertz CT molecular complexity index is 1220. The maximum atomic E-state index is 12.5. The largest absolute Gasteiger partial charge is 0.465 e. The third kappa shape index (κ3) is 17.7. The van der Waals surface area contributed by atoms with E-state index < -0.39 is 35.3 Å². The summed E-state index contributed by atoms with van der Waals surface area (Å²) in [5.74, 6) is -1.03. The van der Waals surface area contributed by atoms with Crippen molar-refractivity contribution in [3.05, 3.63) is 52.1 Å². The maximum Gasteiger partial charge on any atom is 0.333 e. The predicted molar refractivity (Wildman–Crippen MR) is 185 cm³/mol. The number of carbonyl (C=O) groups excluding carboxylic acids is 4. The van der Waals surface area contributed by atoms with Crippen molar-refractivity contribution in [3.63, 3.8) is 0 Å². The number of esters is 2. The van der Waals surface area contributed by atoms with E-state index >= 15 is 0 Å². The van der Waals surface area contributed by atoms with Crippen molar-refractivity contribution in [1.29, 1.82) is 0 Å². The van der Waals surface area contributed by atoms with Crippen molar-refractivity contribution >= 4 is 23.6 Å². The second-order valence-electron chi connectivity index (χ2n) is 13.0. The third-order valence-electron chi connectivity index (χ3n) is 8.94. The summed E-state index contributed by atoms with van der Waals surface area (Å²) in [7, 11) is 0. The molecule has 1 aromatic carbocycles. The van der Waals surface area contributed by atoms with Crippen LogP contribution in [0.1, 0.15) is 116 Å². The number of nitrogens with one attached hydrogen (secondary N) is 1. The molecular formula is C37H56N2O11. The van der Waals surface area contributed by atoms with E-state index in [4.69, 9.17) is 9.47 Å². The summed E-state index contributed by atoms with van der Waals surface area (Å²) < 4.78 is 10.5. The number of hydrogen-bond donors (Lipinski definition) is 3. The molecule has 1 unspecified atom stereocenters. The highest BCUT2D eigenvalue weighted by Gasteiger charge is 2.40. The lowest BCUT2D eigenvalue weighted by Gasteiger charge is -2.22. The first-order chi connectivity index (χ1) is 24.0. The van der Waals surface area contributed by atoms with E-state index in [1.54, 1.807) is 31.2 Å². The molecular weight excluding hydrogens is 648 g/mol. The van der Waals surface area contributed by atoms with Gasteiger partial charge < -0.3 is 29.8 Å². The highest BCUT2D eigenvalue weighted by Crippen LogP contribution is 2.38. The number of rotatable bonds is 26. The van der Waals surface area contributed by atoms with Crippen LogP contribution in [-0.2, 0) is 35.2 Å². The Morgan fingerprint density at radius 2 is 1.64 bits per heavy atom. The van der Waals surface area contributed by atoms with Crippen molar-refractivity contribution in [2.24, 2.45) is 11.8 Å². The quantitative estimate of drug-likeness (QED) is 0.0281. The van der Waals surface area contributed by atoms with Crippen LogP contribution in [0.5, 0.6) is 5.75 Å². The molecule has 50 heavy (non-hydrogen) atoms. The Balaban J connectivity index is 1.62. The fraction of sp³-hybridized carbons (Fsp3) is 0.676. The zero-order chi connectivity index (χ0) is 36.7.